The molecular formula is C20H22FIN4OS. The Morgan fingerprint density at radius 2 is 1.86 bits per heavy atom. The molecule has 3 rings (SSSR count). The third-order valence-electron chi connectivity index (χ3n) is 3.71. The lowest BCUT2D eigenvalue weighted by atomic mass is 10.2. The Morgan fingerprint density at radius 3 is 2.57 bits per heavy atom. The summed E-state index contributed by atoms with van der Waals surface area (Å²) >= 11 is 1.66. The van der Waals surface area contributed by atoms with Crippen molar-refractivity contribution >= 4 is 41.7 Å². The maximum Gasteiger partial charge on any atom is 0.226 e. The normalized spacial score (nSPS) is 11.0. The van der Waals surface area contributed by atoms with E-state index in [1.165, 1.54) is 12.1 Å². The first-order valence-corrected chi connectivity index (χ1v) is 9.56. The molecule has 0 aliphatic heterocycles. The summed E-state index contributed by atoms with van der Waals surface area (Å²) in [5.41, 5.74) is 1.75. The van der Waals surface area contributed by atoms with Gasteiger partial charge >= 0.3 is 0 Å². The van der Waals surface area contributed by atoms with Gasteiger partial charge in [0, 0.05) is 29.8 Å². The summed E-state index contributed by atoms with van der Waals surface area (Å²) in [5, 5.41) is 6.46. The van der Waals surface area contributed by atoms with Gasteiger partial charge in [-0.3, -0.25) is 4.99 Å². The molecule has 1 aromatic heterocycles. The van der Waals surface area contributed by atoms with Crippen LogP contribution in [0.1, 0.15) is 5.69 Å². The van der Waals surface area contributed by atoms with Crippen molar-refractivity contribution < 1.29 is 8.81 Å². The van der Waals surface area contributed by atoms with Gasteiger partial charge in [0.15, 0.2) is 5.96 Å². The van der Waals surface area contributed by atoms with Crippen molar-refractivity contribution in [2.75, 3.05) is 19.3 Å². The van der Waals surface area contributed by atoms with E-state index in [2.05, 4.69) is 20.6 Å². The Morgan fingerprint density at radius 1 is 1.11 bits per heavy atom. The van der Waals surface area contributed by atoms with E-state index < -0.39 is 0 Å². The summed E-state index contributed by atoms with van der Waals surface area (Å²) in [6.07, 6.45) is 1.65. The zero-order valence-electron chi connectivity index (χ0n) is 15.4. The van der Waals surface area contributed by atoms with Crippen LogP contribution in [0.5, 0.6) is 0 Å². The fourth-order valence-electron chi connectivity index (χ4n) is 2.37. The number of hydrogen-bond donors (Lipinski definition) is 2. The molecule has 0 atom stereocenters. The number of thioether (sulfide) groups is 1. The molecule has 0 aliphatic carbocycles. The van der Waals surface area contributed by atoms with Gasteiger partial charge in [0.25, 0.3) is 0 Å². The first kappa shape index (κ1) is 22.2. The molecule has 148 valence electrons. The summed E-state index contributed by atoms with van der Waals surface area (Å²) in [6.45, 7) is 1.25. The highest BCUT2D eigenvalue weighted by Crippen LogP contribution is 2.18. The molecule has 0 saturated heterocycles. The maximum absolute atomic E-state index is 12.9. The van der Waals surface area contributed by atoms with Crippen LogP contribution in [0.15, 0.2) is 75.2 Å². The van der Waals surface area contributed by atoms with Gasteiger partial charge in [-0.05, 0) is 36.4 Å². The molecule has 0 radical (unpaired) electrons. The second-order valence-electron chi connectivity index (χ2n) is 5.66. The molecular weight excluding hydrogens is 490 g/mol. The van der Waals surface area contributed by atoms with Crippen LogP contribution in [0, 0.1) is 5.82 Å². The average Bonchev–Trinajstić information content (AvgIpc) is 3.18. The number of guanidine groups is 1. The summed E-state index contributed by atoms with van der Waals surface area (Å²) in [5.74, 6) is 1.92. The van der Waals surface area contributed by atoms with Crippen LogP contribution in [0.25, 0.3) is 11.5 Å². The number of nitrogens with zero attached hydrogens (tertiary/aromatic N) is 2. The zero-order valence-corrected chi connectivity index (χ0v) is 18.5. The van der Waals surface area contributed by atoms with Gasteiger partial charge in [0.2, 0.25) is 5.89 Å². The third kappa shape index (κ3) is 6.83. The number of rotatable bonds is 7. The molecule has 2 aromatic carbocycles. The van der Waals surface area contributed by atoms with E-state index in [1.54, 1.807) is 37.2 Å². The Bertz CT molecular complexity index is 871. The van der Waals surface area contributed by atoms with Gasteiger partial charge in [0.1, 0.15) is 12.1 Å². The fraction of sp³-hybridized carbons (Fsp3) is 0.200. The van der Waals surface area contributed by atoms with Crippen LogP contribution in [0.2, 0.25) is 0 Å². The predicted molar refractivity (Wildman–Crippen MR) is 123 cm³/mol. The minimum atomic E-state index is -0.217. The molecule has 0 aliphatic rings. The van der Waals surface area contributed by atoms with Crippen molar-refractivity contribution in [3.63, 3.8) is 0 Å². The highest BCUT2D eigenvalue weighted by atomic mass is 127. The molecule has 0 unspecified atom stereocenters. The highest BCUT2D eigenvalue weighted by molar-refractivity contribution is 14.0. The van der Waals surface area contributed by atoms with Gasteiger partial charge in [-0.15, -0.1) is 35.7 Å². The molecule has 5 nitrogen and oxygen atoms in total. The lowest BCUT2D eigenvalue weighted by Crippen LogP contribution is -2.38. The van der Waals surface area contributed by atoms with Crippen LogP contribution >= 0.6 is 35.7 Å². The molecule has 0 saturated carbocycles. The van der Waals surface area contributed by atoms with Crippen molar-refractivity contribution in [3.8, 4) is 11.5 Å². The molecule has 3 aromatic rings. The second kappa shape index (κ2) is 11.7. The van der Waals surface area contributed by atoms with E-state index >= 15 is 0 Å². The number of aromatic nitrogens is 1. The SMILES string of the molecule is CN=C(NCCSc1ccc(F)cc1)NCc1coc(-c2ccccc2)n1.I. The number of aliphatic imine (C=N–C) groups is 1. The summed E-state index contributed by atoms with van der Waals surface area (Å²) < 4.78 is 18.4. The molecule has 2 N–H and O–H groups in total. The molecule has 0 spiro atoms. The Balaban J connectivity index is 0.00000280. The van der Waals surface area contributed by atoms with E-state index in [-0.39, 0.29) is 29.8 Å². The fourth-order valence-corrected chi connectivity index (χ4v) is 3.13. The van der Waals surface area contributed by atoms with E-state index in [9.17, 15) is 4.39 Å². The number of oxazole rings is 1. The first-order valence-electron chi connectivity index (χ1n) is 8.57. The summed E-state index contributed by atoms with van der Waals surface area (Å²) in [7, 11) is 1.72. The number of benzene rings is 2. The summed E-state index contributed by atoms with van der Waals surface area (Å²) in [6, 6.07) is 16.3. The molecule has 28 heavy (non-hydrogen) atoms. The van der Waals surface area contributed by atoms with Crippen molar-refractivity contribution in [3.05, 3.63) is 72.4 Å². The van der Waals surface area contributed by atoms with Crippen molar-refractivity contribution in [2.24, 2.45) is 4.99 Å². The third-order valence-corrected chi connectivity index (χ3v) is 4.72. The number of hydrogen-bond acceptors (Lipinski definition) is 4. The standard InChI is InChI=1S/C20H21FN4OS.HI/c1-22-20(23-11-12-27-18-9-7-16(21)8-10-18)24-13-17-14-26-19(25-17)15-5-3-2-4-6-15;/h2-10,14H,11-13H2,1H3,(H2,22,23,24);1H. The van der Waals surface area contributed by atoms with Gasteiger partial charge in [-0.1, -0.05) is 18.2 Å². The van der Waals surface area contributed by atoms with Gasteiger partial charge in [0.05, 0.1) is 12.2 Å². The van der Waals surface area contributed by atoms with Gasteiger partial charge in [-0.25, -0.2) is 9.37 Å². The Hall–Kier alpha value is -2.07. The predicted octanol–water partition coefficient (Wildman–Crippen LogP) is 4.56. The Kier molecular flexibility index (Phi) is 9.29. The molecule has 0 bridgehead atoms. The van der Waals surface area contributed by atoms with Gasteiger partial charge in [-0.2, -0.15) is 0 Å². The number of nitrogens with one attached hydrogen (secondary N) is 2. The van der Waals surface area contributed by atoms with Crippen molar-refractivity contribution in [1.82, 2.24) is 15.6 Å². The van der Waals surface area contributed by atoms with E-state index in [4.69, 9.17) is 4.42 Å². The molecule has 0 fully saturated rings. The second-order valence-corrected chi connectivity index (χ2v) is 6.83. The Labute approximate surface area is 185 Å². The highest BCUT2D eigenvalue weighted by Gasteiger charge is 2.07. The lowest BCUT2D eigenvalue weighted by Gasteiger charge is -2.10. The topological polar surface area (TPSA) is 62.5 Å². The molecule has 8 heteroatoms. The smallest absolute Gasteiger partial charge is 0.226 e. The van der Waals surface area contributed by atoms with Crippen molar-refractivity contribution in [2.45, 2.75) is 11.4 Å². The van der Waals surface area contributed by atoms with Crippen LogP contribution in [0.4, 0.5) is 4.39 Å². The van der Waals surface area contributed by atoms with Crippen LogP contribution in [0.3, 0.4) is 0 Å². The van der Waals surface area contributed by atoms with Gasteiger partial charge < -0.3 is 15.1 Å². The van der Waals surface area contributed by atoms with Crippen LogP contribution in [-0.4, -0.2) is 30.3 Å². The van der Waals surface area contributed by atoms with E-state index in [0.717, 1.165) is 28.5 Å². The lowest BCUT2D eigenvalue weighted by molar-refractivity contribution is 0.572. The quantitative estimate of drug-likeness (QED) is 0.160. The first-order chi connectivity index (χ1) is 13.2. The van der Waals surface area contributed by atoms with Crippen LogP contribution < -0.4 is 10.6 Å². The van der Waals surface area contributed by atoms with E-state index in [0.29, 0.717) is 18.4 Å². The zero-order chi connectivity index (χ0) is 18.9. The average molecular weight is 512 g/mol. The molecule has 1 heterocycles. The number of halogens is 2. The maximum atomic E-state index is 12.9. The largest absolute Gasteiger partial charge is 0.444 e. The van der Waals surface area contributed by atoms with E-state index in [1.807, 2.05) is 30.3 Å². The minimum Gasteiger partial charge on any atom is -0.444 e. The molecule has 0 amide bonds. The van der Waals surface area contributed by atoms with Crippen molar-refractivity contribution in [1.29, 1.82) is 0 Å². The monoisotopic (exact) mass is 512 g/mol. The summed E-state index contributed by atoms with van der Waals surface area (Å²) in [4.78, 5) is 9.72. The van der Waals surface area contributed by atoms with Crippen LogP contribution in [-0.2, 0) is 6.54 Å². The minimum absolute atomic E-state index is 0.